The van der Waals surface area contributed by atoms with E-state index in [2.05, 4.69) is 34.3 Å². The topological polar surface area (TPSA) is 40.5 Å². The van der Waals surface area contributed by atoms with Crippen LogP contribution in [0.5, 0.6) is 0 Å². The quantitative estimate of drug-likeness (QED) is 0.883. The van der Waals surface area contributed by atoms with Gasteiger partial charge in [-0.2, -0.15) is 0 Å². The van der Waals surface area contributed by atoms with Gasteiger partial charge in [0.2, 0.25) is 0 Å². The van der Waals surface area contributed by atoms with E-state index >= 15 is 0 Å². The fraction of sp³-hybridized carbons (Fsp3) is 0.389. The molecule has 0 atom stereocenters. The van der Waals surface area contributed by atoms with E-state index in [0.29, 0.717) is 15.9 Å². The summed E-state index contributed by atoms with van der Waals surface area (Å²) in [5.41, 5.74) is 2.42. The third kappa shape index (κ3) is 4.36. The highest BCUT2D eigenvalue weighted by molar-refractivity contribution is 6.42. The van der Waals surface area contributed by atoms with E-state index in [1.54, 1.807) is 17.7 Å². The summed E-state index contributed by atoms with van der Waals surface area (Å²) >= 11 is 12.0. The van der Waals surface area contributed by atoms with Crippen molar-refractivity contribution in [2.45, 2.75) is 6.54 Å². The molecule has 1 N–H and O–H groups in total. The Morgan fingerprint density at radius 1 is 1.08 bits per heavy atom. The molecule has 0 aliphatic carbocycles. The molecular formula is C18H22Cl2N4O. The van der Waals surface area contributed by atoms with E-state index in [0.717, 1.165) is 38.4 Å². The summed E-state index contributed by atoms with van der Waals surface area (Å²) in [6, 6.07) is 9.53. The summed E-state index contributed by atoms with van der Waals surface area (Å²) in [4.78, 5) is 17.2. The molecule has 134 valence electrons. The molecule has 0 spiro atoms. The Hall–Kier alpha value is -1.53. The third-order valence-electron chi connectivity index (χ3n) is 4.56. The smallest absolute Gasteiger partial charge is 0.272 e. The van der Waals surface area contributed by atoms with E-state index in [4.69, 9.17) is 23.2 Å². The summed E-state index contributed by atoms with van der Waals surface area (Å²) in [6.45, 7) is 5.32. The summed E-state index contributed by atoms with van der Waals surface area (Å²) in [6.07, 6.45) is 0. The number of anilines is 1. The monoisotopic (exact) mass is 380 g/mol. The van der Waals surface area contributed by atoms with Crippen molar-refractivity contribution in [3.05, 3.63) is 51.8 Å². The zero-order valence-electron chi connectivity index (χ0n) is 14.4. The standard InChI is InChI=1S/C18H22Cl2N4O/c1-22-7-9-24(10-8-22)12-13-3-5-14(6-4-13)21-18(25)16-11-15(19)17(20)23(16)2/h3-6,11H,7-10,12H2,1-2H3,(H,21,25). The Labute approximate surface area is 158 Å². The van der Waals surface area contributed by atoms with Gasteiger partial charge < -0.3 is 14.8 Å². The molecule has 0 saturated carbocycles. The van der Waals surface area contributed by atoms with Crippen LogP contribution in [0.25, 0.3) is 0 Å². The lowest BCUT2D eigenvalue weighted by Crippen LogP contribution is -2.43. The van der Waals surface area contributed by atoms with Gasteiger partial charge in [0.25, 0.3) is 5.91 Å². The van der Waals surface area contributed by atoms with Crippen LogP contribution in [0.2, 0.25) is 10.2 Å². The molecular weight excluding hydrogens is 359 g/mol. The van der Waals surface area contributed by atoms with Crippen LogP contribution in [0.4, 0.5) is 5.69 Å². The van der Waals surface area contributed by atoms with Gasteiger partial charge in [0, 0.05) is 45.5 Å². The van der Waals surface area contributed by atoms with Crippen molar-refractivity contribution in [1.29, 1.82) is 0 Å². The highest BCUT2D eigenvalue weighted by Gasteiger charge is 2.16. The molecule has 25 heavy (non-hydrogen) atoms. The maximum absolute atomic E-state index is 12.4. The number of nitrogens with one attached hydrogen (secondary N) is 1. The molecule has 1 aromatic carbocycles. The number of carbonyl (C=O) groups excluding carboxylic acids is 1. The van der Waals surface area contributed by atoms with Gasteiger partial charge in [-0.3, -0.25) is 9.69 Å². The van der Waals surface area contributed by atoms with Crippen LogP contribution in [0.15, 0.2) is 30.3 Å². The van der Waals surface area contributed by atoms with Crippen LogP contribution in [-0.4, -0.2) is 53.5 Å². The van der Waals surface area contributed by atoms with Crippen LogP contribution in [0.3, 0.4) is 0 Å². The fourth-order valence-corrected chi connectivity index (χ4v) is 3.29. The molecule has 0 bridgehead atoms. The average molecular weight is 381 g/mol. The first-order chi connectivity index (χ1) is 11.9. The molecule has 5 nitrogen and oxygen atoms in total. The number of nitrogens with zero attached hydrogens (tertiary/aromatic N) is 3. The van der Waals surface area contributed by atoms with Gasteiger partial charge in [0.05, 0.1) is 5.02 Å². The van der Waals surface area contributed by atoms with Gasteiger partial charge in [0.15, 0.2) is 0 Å². The summed E-state index contributed by atoms with van der Waals surface area (Å²) in [5, 5.41) is 3.61. The highest BCUT2D eigenvalue weighted by Crippen LogP contribution is 2.25. The first-order valence-corrected chi connectivity index (χ1v) is 9.01. The minimum absolute atomic E-state index is 0.233. The number of halogens is 2. The second-order valence-corrected chi connectivity index (χ2v) is 7.22. The molecule has 1 saturated heterocycles. The number of piperazine rings is 1. The fourth-order valence-electron chi connectivity index (χ4n) is 2.91. The Balaban J connectivity index is 1.60. The van der Waals surface area contributed by atoms with E-state index in [1.807, 2.05) is 12.1 Å². The molecule has 2 aromatic rings. The number of amides is 1. The number of benzene rings is 1. The minimum Gasteiger partial charge on any atom is -0.329 e. The van der Waals surface area contributed by atoms with Gasteiger partial charge in [-0.05, 0) is 30.8 Å². The van der Waals surface area contributed by atoms with Crippen molar-refractivity contribution < 1.29 is 4.79 Å². The van der Waals surface area contributed by atoms with Crippen LogP contribution in [0.1, 0.15) is 16.1 Å². The molecule has 0 radical (unpaired) electrons. The van der Waals surface area contributed by atoms with Crippen molar-refractivity contribution in [1.82, 2.24) is 14.4 Å². The Morgan fingerprint density at radius 3 is 2.28 bits per heavy atom. The molecule has 7 heteroatoms. The molecule has 3 rings (SSSR count). The lowest BCUT2D eigenvalue weighted by atomic mass is 10.1. The van der Waals surface area contributed by atoms with Crippen LogP contribution >= 0.6 is 23.2 Å². The number of hydrogen-bond donors (Lipinski definition) is 1. The second kappa shape index (κ2) is 7.79. The Morgan fingerprint density at radius 2 is 1.72 bits per heavy atom. The van der Waals surface area contributed by atoms with Crippen molar-refractivity contribution in [2.75, 3.05) is 38.5 Å². The summed E-state index contributed by atoms with van der Waals surface area (Å²) in [7, 11) is 3.87. The molecule has 1 aromatic heterocycles. The predicted octanol–water partition coefficient (Wildman–Crippen LogP) is 3.33. The van der Waals surface area contributed by atoms with Gasteiger partial charge in [0.1, 0.15) is 10.8 Å². The molecule has 1 aliphatic heterocycles. The maximum Gasteiger partial charge on any atom is 0.272 e. The van der Waals surface area contributed by atoms with Gasteiger partial charge >= 0.3 is 0 Å². The lowest BCUT2D eigenvalue weighted by Gasteiger charge is -2.32. The van der Waals surface area contributed by atoms with Crippen LogP contribution in [0, 0.1) is 0 Å². The van der Waals surface area contributed by atoms with Crippen molar-refractivity contribution in [3.63, 3.8) is 0 Å². The summed E-state index contributed by atoms with van der Waals surface area (Å²) < 4.78 is 1.57. The zero-order valence-corrected chi connectivity index (χ0v) is 15.9. The number of hydrogen-bond acceptors (Lipinski definition) is 3. The first kappa shape index (κ1) is 18.3. The van der Waals surface area contributed by atoms with E-state index in [-0.39, 0.29) is 5.91 Å². The molecule has 0 unspecified atom stereocenters. The summed E-state index contributed by atoms with van der Waals surface area (Å²) in [5.74, 6) is -0.233. The predicted molar refractivity (Wildman–Crippen MR) is 103 cm³/mol. The highest BCUT2D eigenvalue weighted by atomic mass is 35.5. The molecule has 1 fully saturated rings. The zero-order chi connectivity index (χ0) is 18.0. The normalized spacial score (nSPS) is 16.2. The van der Waals surface area contributed by atoms with Crippen molar-refractivity contribution >= 4 is 34.8 Å². The lowest BCUT2D eigenvalue weighted by molar-refractivity contribution is 0.101. The van der Waals surface area contributed by atoms with Gasteiger partial charge in [-0.25, -0.2) is 0 Å². The Bertz CT molecular complexity index is 749. The van der Waals surface area contributed by atoms with Crippen LogP contribution in [-0.2, 0) is 13.6 Å². The van der Waals surface area contributed by atoms with E-state index in [1.165, 1.54) is 5.56 Å². The maximum atomic E-state index is 12.4. The van der Waals surface area contributed by atoms with Crippen molar-refractivity contribution in [2.24, 2.45) is 7.05 Å². The van der Waals surface area contributed by atoms with Gasteiger partial charge in [-0.15, -0.1) is 0 Å². The average Bonchev–Trinajstić information content (AvgIpc) is 2.86. The Kier molecular flexibility index (Phi) is 5.69. The first-order valence-electron chi connectivity index (χ1n) is 8.26. The number of carbonyl (C=O) groups is 1. The number of rotatable bonds is 4. The number of aromatic nitrogens is 1. The molecule has 1 amide bonds. The third-order valence-corrected chi connectivity index (χ3v) is 5.40. The van der Waals surface area contributed by atoms with Gasteiger partial charge in [-0.1, -0.05) is 35.3 Å². The molecule has 2 heterocycles. The largest absolute Gasteiger partial charge is 0.329 e. The second-order valence-electron chi connectivity index (χ2n) is 6.46. The number of likely N-dealkylation sites (N-methyl/N-ethyl adjacent to an activating group) is 1. The van der Waals surface area contributed by atoms with Crippen molar-refractivity contribution in [3.8, 4) is 0 Å². The van der Waals surface area contributed by atoms with E-state index in [9.17, 15) is 4.79 Å². The molecule has 1 aliphatic rings. The minimum atomic E-state index is -0.233. The van der Waals surface area contributed by atoms with Crippen LogP contribution < -0.4 is 5.32 Å². The van der Waals surface area contributed by atoms with E-state index < -0.39 is 0 Å². The SMILES string of the molecule is CN1CCN(Cc2ccc(NC(=O)c3cc(Cl)c(Cl)n3C)cc2)CC1.